The van der Waals surface area contributed by atoms with Gasteiger partial charge in [-0.25, -0.2) is 0 Å². The highest BCUT2D eigenvalue weighted by Gasteiger charge is 2.09. The van der Waals surface area contributed by atoms with Crippen molar-refractivity contribution in [3.63, 3.8) is 0 Å². The molecule has 2 rings (SSSR count). The summed E-state index contributed by atoms with van der Waals surface area (Å²) in [6.45, 7) is 0. The van der Waals surface area contributed by atoms with Crippen LogP contribution >= 0.6 is 44.1 Å². The van der Waals surface area contributed by atoms with Gasteiger partial charge in [0.05, 0.1) is 0 Å². The minimum atomic E-state index is 0.363. The smallest absolute Gasteiger partial charge is 0.107 e. The zero-order valence-electron chi connectivity index (χ0n) is 9.28. The molecule has 2 aromatic carbocycles. The molecule has 2 aromatic rings. The van der Waals surface area contributed by atoms with E-state index < -0.39 is 0 Å². The summed E-state index contributed by atoms with van der Waals surface area (Å²) in [4.78, 5) is 0.363. The molecular weight excluding hydrogens is 376 g/mol. The molecule has 2 nitrogen and oxygen atoms in total. The van der Waals surface area contributed by atoms with Crippen LogP contribution < -0.4 is 11.1 Å². The molecule has 0 radical (unpaired) electrons. The standard InChI is InChI=1S/C13H10Br2N2S/c14-8-4-6-9(7-5-8)17-11-3-1-2-10(15)12(11)13(16)18/h1-7,17H,(H2,16,18). The largest absolute Gasteiger partial charge is 0.389 e. The van der Waals surface area contributed by atoms with Crippen molar-refractivity contribution in [3.05, 3.63) is 57.0 Å². The van der Waals surface area contributed by atoms with Gasteiger partial charge in [0.2, 0.25) is 0 Å². The number of nitrogens with two attached hydrogens (primary N) is 1. The van der Waals surface area contributed by atoms with Crippen molar-refractivity contribution in [2.75, 3.05) is 5.32 Å². The third-order valence-corrected chi connectivity index (χ3v) is 3.78. The molecule has 0 saturated carbocycles. The first-order chi connectivity index (χ1) is 8.58. The van der Waals surface area contributed by atoms with Crippen LogP contribution in [0, 0.1) is 0 Å². The van der Waals surface area contributed by atoms with Crippen molar-refractivity contribution in [2.24, 2.45) is 5.73 Å². The molecule has 0 aromatic heterocycles. The van der Waals surface area contributed by atoms with E-state index in [-0.39, 0.29) is 0 Å². The molecule has 0 fully saturated rings. The topological polar surface area (TPSA) is 38.0 Å². The van der Waals surface area contributed by atoms with Gasteiger partial charge in [-0.2, -0.15) is 0 Å². The minimum absolute atomic E-state index is 0.363. The van der Waals surface area contributed by atoms with Crippen LogP contribution in [0.25, 0.3) is 0 Å². The third kappa shape index (κ3) is 3.10. The maximum atomic E-state index is 5.75. The second-order valence-corrected chi connectivity index (χ2v) is 5.87. The van der Waals surface area contributed by atoms with Crippen LogP contribution in [0.2, 0.25) is 0 Å². The van der Waals surface area contributed by atoms with E-state index in [2.05, 4.69) is 37.2 Å². The zero-order chi connectivity index (χ0) is 13.1. The molecule has 5 heteroatoms. The Morgan fingerprint density at radius 1 is 1.06 bits per heavy atom. The highest BCUT2D eigenvalue weighted by atomic mass is 79.9. The van der Waals surface area contributed by atoms with Gasteiger partial charge in [0.25, 0.3) is 0 Å². The van der Waals surface area contributed by atoms with E-state index in [1.165, 1.54) is 0 Å². The Labute approximate surface area is 128 Å². The van der Waals surface area contributed by atoms with E-state index >= 15 is 0 Å². The number of benzene rings is 2. The van der Waals surface area contributed by atoms with Gasteiger partial charge in [0.1, 0.15) is 4.99 Å². The second-order valence-electron chi connectivity index (χ2n) is 3.66. The number of hydrogen-bond donors (Lipinski definition) is 2. The number of rotatable bonds is 3. The fraction of sp³-hybridized carbons (Fsp3) is 0. The van der Waals surface area contributed by atoms with Crippen molar-refractivity contribution in [3.8, 4) is 0 Å². The number of anilines is 2. The first-order valence-electron chi connectivity index (χ1n) is 5.19. The lowest BCUT2D eigenvalue weighted by atomic mass is 10.1. The van der Waals surface area contributed by atoms with Crippen LogP contribution in [-0.4, -0.2) is 4.99 Å². The molecule has 0 amide bonds. The van der Waals surface area contributed by atoms with E-state index in [4.69, 9.17) is 18.0 Å². The molecule has 0 aliphatic heterocycles. The highest BCUT2D eigenvalue weighted by Crippen LogP contribution is 2.27. The van der Waals surface area contributed by atoms with Gasteiger partial charge in [-0.15, -0.1) is 0 Å². The first kappa shape index (κ1) is 13.5. The molecule has 0 bridgehead atoms. The van der Waals surface area contributed by atoms with Crippen molar-refractivity contribution in [1.29, 1.82) is 0 Å². The van der Waals surface area contributed by atoms with E-state index in [1.807, 2.05) is 42.5 Å². The Hall–Kier alpha value is -0.910. The number of nitrogens with one attached hydrogen (secondary N) is 1. The molecule has 0 saturated heterocycles. The summed E-state index contributed by atoms with van der Waals surface area (Å²) < 4.78 is 1.92. The van der Waals surface area contributed by atoms with Crippen molar-refractivity contribution >= 4 is 60.4 Å². The third-order valence-electron chi connectivity index (χ3n) is 2.38. The molecule has 3 N–H and O–H groups in total. The lowest BCUT2D eigenvalue weighted by Crippen LogP contribution is -2.12. The molecular formula is C13H10Br2N2S. The SMILES string of the molecule is NC(=S)c1c(Br)cccc1Nc1ccc(Br)cc1. The van der Waals surface area contributed by atoms with E-state index in [0.717, 1.165) is 25.9 Å². The predicted molar refractivity (Wildman–Crippen MR) is 87.5 cm³/mol. The Morgan fingerprint density at radius 2 is 1.72 bits per heavy atom. The van der Waals surface area contributed by atoms with Gasteiger partial charge in [0.15, 0.2) is 0 Å². The van der Waals surface area contributed by atoms with Crippen LogP contribution in [0.4, 0.5) is 11.4 Å². The number of thiocarbonyl (C=S) groups is 1. The average Bonchev–Trinajstić information content (AvgIpc) is 2.32. The summed E-state index contributed by atoms with van der Waals surface area (Å²) >= 11 is 11.9. The fourth-order valence-electron chi connectivity index (χ4n) is 1.57. The Bertz CT molecular complexity index is 582. The summed E-state index contributed by atoms with van der Waals surface area (Å²) in [7, 11) is 0. The second kappa shape index (κ2) is 5.82. The normalized spacial score (nSPS) is 10.1. The molecule has 0 aliphatic carbocycles. The lowest BCUT2D eigenvalue weighted by molar-refractivity contribution is 1.49. The van der Waals surface area contributed by atoms with Crippen molar-refractivity contribution in [1.82, 2.24) is 0 Å². The molecule has 92 valence electrons. The van der Waals surface area contributed by atoms with E-state index in [1.54, 1.807) is 0 Å². The monoisotopic (exact) mass is 384 g/mol. The van der Waals surface area contributed by atoms with Crippen molar-refractivity contribution in [2.45, 2.75) is 0 Å². The van der Waals surface area contributed by atoms with Crippen LogP contribution in [0.5, 0.6) is 0 Å². The summed E-state index contributed by atoms with van der Waals surface area (Å²) in [5, 5.41) is 3.30. The quantitative estimate of drug-likeness (QED) is 0.759. The van der Waals surface area contributed by atoms with Gasteiger partial charge < -0.3 is 11.1 Å². The minimum Gasteiger partial charge on any atom is -0.389 e. The average molecular weight is 386 g/mol. The zero-order valence-corrected chi connectivity index (χ0v) is 13.3. The van der Waals surface area contributed by atoms with Crippen LogP contribution in [0.1, 0.15) is 5.56 Å². The molecule has 0 spiro atoms. The van der Waals surface area contributed by atoms with Crippen LogP contribution in [0.15, 0.2) is 51.4 Å². The number of hydrogen-bond acceptors (Lipinski definition) is 2. The Kier molecular flexibility index (Phi) is 4.37. The maximum Gasteiger partial charge on any atom is 0.107 e. The first-order valence-corrected chi connectivity index (χ1v) is 7.18. The lowest BCUT2D eigenvalue weighted by Gasteiger charge is -2.12. The molecule has 0 unspecified atom stereocenters. The number of halogens is 2. The molecule has 0 heterocycles. The summed E-state index contributed by atoms with van der Waals surface area (Å²) in [5.41, 5.74) is 8.43. The van der Waals surface area contributed by atoms with E-state index in [9.17, 15) is 0 Å². The summed E-state index contributed by atoms with van der Waals surface area (Å²) in [6.07, 6.45) is 0. The van der Waals surface area contributed by atoms with Gasteiger partial charge >= 0.3 is 0 Å². The van der Waals surface area contributed by atoms with Gasteiger partial charge in [0, 0.05) is 25.9 Å². The predicted octanol–water partition coefficient (Wildman–Crippen LogP) is 4.59. The van der Waals surface area contributed by atoms with E-state index in [0.29, 0.717) is 4.99 Å². The van der Waals surface area contributed by atoms with Crippen LogP contribution in [0.3, 0.4) is 0 Å². The Balaban J connectivity index is 2.37. The van der Waals surface area contributed by atoms with Crippen LogP contribution in [-0.2, 0) is 0 Å². The van der Waals surface area contributed by atoms with Gasteiger partial charge in [-0.3, -0.25) is 0 Å². The fourth-order valence-corrected chi connectivity index (χ4v) is 2.76. The maximum absolute atomic E-state index is 5.75. The molecule has 0 atom stereocenters. The highest BCUT2D eigenvalue weighted by molar-refractivity contribution is 9.10. The van der Waals surface area contributed by atoms with Crippen molar-refractivity contribution < 1.29 is 0 Å². The molecule has 18 heavy (non-hydrogen) atoms. The summed E-state index contributed by atoms with van der Waals surface area (Å²) in [6, 6.07) is 13.7. The molecule has 0 aliphatic rings. The Morgan fingerprint density at radius 3 is 2.33 bits per heavy atom. The van der Waals surface area contributed by atoms with Gasteiger partial charge in [-0.1, -0.05) is 34.2 Å². The summed E-state index contributed by atoms with van der Waals surface area (Å²) in [5.74, 6) is 0. The van der Waals surface area contributed by atoms with Gasteiger partial charge in [-0.05, 0) is 52.3 Å².